The maximum absolute atomic E-state index is 5.81. The molecule has 0 saturated heterocycles. The van der Waals surface area contributed by atoms with E-state index in [1.807, 2.05) is 36.4 Å². The standard InChI is InChI=1S/C13H14O/c1-10-6-5-9-13(11(10)2)14-12-7-3-4-8-12/h3-9,12H,1-2H3. The van der Waals surface area contributed by atoms with Gasteiger partial charge >= 0.3 is 0 Å². The summed E-state index contributed by atoms with van der Waals surface area (Å²) < 4.78 is 5.81. The molecular weight excluding hydrogens is 172 g/mol. The highest BCUT2D eigenvalue weighted by molar-refractivity contribution is 5.39. The van der Waals surface area contributed by atoms with E-state index in [1.54, 1.807) is 0 Å². The van der Waals surface area contributed by atoms with Crippen LogP contribution in [-0.2, 0) is 0 Å². The fourth-order valence-corrected chi connectivity index (χ4v) is 1.49. The molecule has 0 saturated carbocycles. The molecule has 0 amide bonds. The van der Waals surface area contributed by atoms with E-state index in [0.717, 1.165) is 5.75 Å². The smallest absolute Gasteiger partial charge is 0.136 e. The molecule has 1 aromatic carbocycles. The Kier molecular flexibility index (Phi) is 2.40. The zero-order chi connectivity index (χ0) is 9.97. The van der Waals surface area contributed by atoms with E-state index in [0.29, 0.717) is 0 Å². The molecule has 0 radical (unpaired) electrons. The summed E-state index contributed by atoms with van der Waals surface area (Å²) >= 11 is 0. The van der Waals surface area contributed by atoms with Crippen LogP contribution in [0.2, 0.25) is 0 Å². The molecule has 0 spiro atoms. The first kappa shape index (κ1) is 9.07. The fraction of sp³-hybridized carbons (Fsp3) is 0.231. The fourth-order valence-electron chi connectivity index (χ4n) is 1.49. The van der Waals surface area contributed by atoms with Crippen LogP contribution >= 0.6 is 0 Å². The third-order valence-corrected chi connectivity index (χ3v) is 2.53. The largest absolute Gasteiger partial charge is 0.482 e. The second-order valence-corrected chi connectivity index (χ2v) is 3.55. The van der Waals surface area contributed by atoms with Crippen LogP contribution in [0.25, 0.3) is 0 Å². The Morgan fingerprint density at radius 3 is 2.50 bits per heavy atom. The van der Waals surface area contributed by atoms with Gasteiger partial charge in [-0.3, -0.25) is 0 Å². The summed E-state index contributed by atoms with van der Waals surface area (Å²) in [6.45, 7) is 4.19. The number of allylic oxidation sites excluding steroid dienone is 2. The van der Waals surface area contributed by atoms with Crippen molar-refractivity contribution < 1.29 is 4.74 Å². The van der Waals surface area contributed by atoms with Crippen molar-refractivity contribution in [1.29, 1.82) is 0 Å². The third kappa shape index (κ3) is 1.72. The van der Waals surface area contributed by atoms with Crippen molar-refractivity contribution >= 4 is 0 Å². The SMILES string of the molecule is Cc1cccc(OC2C=CC=C2)c1C. The number of hydrogen-bond donors (Lipinski definition) is 0. The lowest BCUT2D eigenvalue weighted by Gasteiger charge is -2.13. The lowest BCUT2D eigenvalue weighted by molar-refractivity contribution is 0.296. The Bertz CT molecular complexity index is 376. The molecule has 0 heterocycles. The van der Waals surface area contributed by atoms with Crippen molar-refractivity contribution in [1.82, 2.24) is 0 Å². The topological polar surface area (TPSA) is 9.23 Å². The van der Waals surface area contributed by atoms with Gasteiger partial charge in [0.1, 0.15) is 11.9 Å². The van der Waals surface area contributed by atoms with E-state index < -0.39 is 0 Å². The summed E-state index contributed by atoms with van der Waals surface area (Å²) in [7, 11) is 0. The molecule has 1 nitrogen and oxygen atoms in total. The Balaban J connectivity index is 2.20. The minimum Gasteiger partial charge on any atom is -0.482 e. The lowest BCUT2D eigenvalue weighted by Crippen LogP contribution is -2.08. The van der Waals surface area contributed by atoms with Crippen LogP contribution in [0.15, 0.2) is 42.5 Å². The first-order valence-corrected chi connectivity index (χ1v) is 4.85. The molecule has 0 unspecified atom stereocenters. The lowest BCUT2D eigenvalue weighted by atomic mass is 10.1. The number of benzene rings is 1. The molecule has 72 valence electrons. The minimum atomic E-state index is 0.107. The van der Waals surface area contributed by atoms with Gasteiger partial charge in [-0.05, 0) is 43.2 Å². The molecule has 1 aromatic rings. The van der Waals surface area contributed by atoms with Gasteiger partial charge < -0.3 is 4.74 Å². The number of ether oxygens (including phenoxy) is 1. The average molecular weight is 186 g/mol. The normalized spacial score (nSPS) is 15.0. The molecule has 0 aliphatic heterocycles. The molecule has 0 aromatic heterocycles. The summed E-state index contributed by atoms with van der Waals surface area (Å²) in [6, 6.07) is 6.14. The van der Waals surface area contributed by atoms with E-state index in [1.165, 1.54) is 11.1 Å². The molecule has 1 aliphatic carbocycles. The van der Waals surface area contributed by atoms with Crippen LogP contribution < -0.4 is 4.74 Å². The van der Waals surface area contributed by atoms with Crippen LogP contribution in [0.1, 0.15) is 11.1 Å². The van der Waals surface area contributed by atoms with E-state index in [-0.39, 0.29) is 6.10 Å². The molecule has 0 N–H and O–H groups in total. The Hall–Kier alpha value is -1.50. The first-order chi connectivity index (χ1) is 6.77. The molecule has 1 aliphatic rings. The number of rotatable bonds is 2. The average Bonchev–Trinajstić information content (AvgIpc) is 2.66. The molecule has 0 atom stereocenters. The first-order valence-electron chi connectivity index (χ1n) is 4.85. The van der Waals surface area contributed by atoms with Crippen LogP contribution in [-0.4, -0.2) is 6.10 Å². The van der Waals surface area contributed by atoms with Gasteiger partial charge in [0.25, 0.3) is 0 Å². The van der Waals surface area contributed by atoms with Crippen molar-refractivity contribution in [3.63, 3.8) is 0 Å². The van der Waals surface area contributed by atoms with Gasteiger partial charge in [0, 0.05) is 0 Å². The summed E-state index contributed by atoms with van der Waals surface area (Å²) in [4.78, 5) is 0. The molecule has 0 bridgehead atoms. The number of hydrogen-bond acceptors (Lipinski definition) is 1. The predicted molar refractivity (Wildman–Crippen MR) is 58.6 cm³/mol. The van der Waals surface area contributed by atoms with E-state index in [9.17, 15) is 0 Å². The van der Waals surface area contributed by atoms with Gasteiger partial charge in [-0.2, -0.15) is 0 Å². The minimum absolute atomic E-state index is 0.107. The van der Waals surface area contributed by atoms with Crippen LogP contribution in [0.4, 0.5) is 0 Å². The second-order valence-electron chi connectivity index (χ2n) is 3.55. The van der Waals surface area contributed by atoms with Crippen molar-refractivity contribution in [2.75, 3.05) is 0 Å². The van der Waals surface area contributed by atoms with Crippen molar-refractivity contribution in [2.24, 2.45) is 0 Å². The third-order valence-electron chi connectivity index (χ3n) is 2.53. The summed E-state index contributed by atoms with van der Waals surface area (Å²) in [5.41, 5.74) is 2.50. The zero-order valence-corrected chi connectivity index (χ0v) is 8.53. The van der Waals surface area contributed by atoms with E-state index in [4.69, 9.17) is 4.74 Å². The highest BCUT2D eigenvalue weighted by Crippen LogP contribution is 2.22. The highest BCUT2D eigenvalue weighted by atomic mass is 16.5. The van der Waals surface area contributed by atoms with E-state index >= 15 is 0 Å². The predicted octanol–water partition coefficient (Wildman–Crippen LogP) is 3.18. The second kappa shape index (κ2) is 3.70. The van der Waals surface area contributed by atoms with Crippen molar-refractivity contribution in [3.05, 3.63) is 53.6 Å². The number of aryl methyl sites for hydroxylation is 1. The Morgan fingerprint density at radius 1 is 1.07 bits per heavy atom. The van der Waals surface area contributed by atoms with Gasteiger partial charge in [-0.15, -0.1) is 0 Å². The zero-order valence-electron chi connectivity index (χ0n) is 8.53. The van der Waals surface area contributed by atoms with Gasteiger partial charge in [-0.1, -0.05) is 24.3 Å². The molecule has 0 fully saturated rings. The monoisotopic (exact) mass is 186 g/mol. The van der Waals surface area contributed by atoms with Crippen molar-refractivity contribution in [3.8, 4) is 5.75 Å². The Labute approximate surface area is 84.7 Å². The van der Waals surface area contributed by atoms with Crippen LogP contribution in [0.3, 0.4) is 0 Å². The van der Waals surface area contributed by atoms with Gasteiger partial charge in [-0.25, -0.2) is 0 Å². The van der Waals surface area contributed by atoms with Crippen LogP contribution in [0, 0.1) is 13.8 Å². The van der Waals surface area contributed by atoms with E-state index in [2.05, 4.69) is 19.9 Å². The van der Waals surface area contributed by atoms with Crippen LogP contribution in [0.5, 0.6) is 5.75 Å². The maximum Gasteiger partial charge on any atom is 0.136 e. The Morgan fingerprint density at radius 2 is 1.79 bits per heavy atom. The van der Waals surface area contributed by atoms with Gasteiger partial charge in [0.05, 0.1) is 0 Å². The summed E-state index contributed by atoms with van der Waals surface area (Å²) in [6.07, 6.45) is 8.21. The molecule has 14 heavy (non-hydrogen) atoms. The van der Waals surface area contributed by atoms with Gasteiger partial charge in [0.2, 0.25) is 0 Å². The quantitative estimate of drug-likeness (QED) is 0.689. The molecule has 2 rings (SSSR count). The summed E-state index contributed by atoms with van der Waals surface area (Å²) in [5, 5.41) is 0. The van der Waals surface area contributed by atoms with Gasteiger partial charge in [0.15, 0.2) is 0 Å². The molecular formula is C13H14O. The highest BCUT2D eigenvalue weighted by Gasteiger charge is 2.07. The van der Waals surface area contributed by atoms with Crippen molar-refractivity contribution in [2.45, 2.75) is 20.0 Å². The molecule has 1 heteroatoms. The summed E-state index contributed by atoms with van der Waals surface area (Å²) in [5.74, 6) is 0.978. The maximum atomic E-state index is 5.81.